The number of carbonyl (C=O) groups is 3. The summed E-state index contributed by atoms with van der Waals surface area (Å²) in [5, 5.41) is 10.6. The molecule has 0 aliphatic carbocycles. The lowest BCUT2D eigenvalue weighted by molar-refractivity contribution is -0.132. The number of aromatic nitrogens is 1. The van der Waals surface area contributed by atoms with E-state index in [0.717, 1.165) is 22.0 Å². The molecule has 4 aromatic rings. The Morgan fingerprint density at radius 1 is 0.861 bits per heavy atom. The van der Waals surface area contributed by atoms with Crippen LogP contribution in [0.25, 0.3) is 22.0 Å². The Balaban J connectivity index is 1.75. The van der Waals surface area contributed by atoms with Gasteiger partial charge in [-0.2, -0.15) is 0 Å². The SMILES string of the molecule is COc1cc(CO)cc2c1c(-c1ccc(OC(C)=O)cc1)cn2CC(=O)c1ccc(OC(C)=O)cc1. The summed E-state index contributed by atoms with van der Waals surface area (Å²) in [6, 6.07) is 17.0. The normalized spacial score (nSPS) is 10.8. The number of methoxy groups -OCH3 is 1. The van der Waals surface area contributed by atoms with Crippen molar-refractivity contribution in [1.82, 2.24) is 4.57 Å². The number of benzene rings is 3. The molecule has 4 rings (SSSR count). The molecule has 0 saturated carbocycles. The summed E-state index contributed by atoms with van der Waals surface area (Å²) in [5.74, 6) is 0.366. The minimum Gasteiger partial charge on any atom is -0.496 e. The van der Waals surface area contributed by atoms with Crippen molar-refractivity contribution in [3.8, 4) is 28.4 Å². The van der Waals surface area contributed by atoms with E-state index >= 15 is 0 Å². The van der Waals surface area contributed by atoms with Crippen molar-refractivity contribution in [2.45, 2.75) is 27.0 Å². The molecule has 0 unspecified atom stereocenters. The van der Waals surface area contributed by atoms with E-state index in [4.69, 9.17) is 14.2 Å². The van der Waals surface area contributed by atoms with Gasteiger partial charge in [0.25, 0.3) is 0 Å². The predicted octanol–water partition coefficient (Wildman–Crippen LogP) is 4.54. The van der Waals surface area contributed by atoms with Gasteiger partial charge in [0.15, 0.2) is 5.78 Å². The lowest BCUT2D eigenvalue weighted by Crippen LogP contribution is -2.10. The first kappa shape index (κ1) is 24.7. The van der Waals surface area contributed by atoms with Gasteiger partial charge in [0, 0.05) is 36.6 Å². The molecule has 0 fully saturated rings. The lowest BCUT2D eigenvalue weighted by atomic mass is 10.0. The molecule has 0 spiro atoms. The molecule has 0 bridgehead atoms. The molecule has 0 saturated heterocycles. The van der Waals surface area contributed by atoms with E-state index < -0.39 is 11.9 Å². The average molecular weight is 488 g/mol. The molecule has 0 aliphatic heterocycles. The third-order valence-corrected chi connectivity index (χ3v) is 5.59. The number of ether oxygens (including phenoxy) is 3. The fourth-order valence-electron chi connectivity index (χ4n) is 4.03. The number of hydrogen-bond acceptors (Lipinski definition) is 7. The highest BCUT2D eigenvalue weighted by molar-refractivity contribution is 6.03. The quantitative estimate of drug-likeness (QED) is 0.221. The maximum atomic E-state index is 13.1. The van der Waals surface area contributed by atoms with Crippen molar-refractivity contribution in [3.63, 3.8) is 0 Å². The second kappa shape index (κ2) is 10.5. The van der Waals surface area contributed by atoms with Gasteiger partial charge in [0.05, 0.1) is 25.8 Å². The van der Waals surface area contributed by atoms with Gasteiger partial charge in [-0.3, -0.25) is 14.4 Å². The van der Waals surface area contributed by atoms with Crippen LogP contribution in [-0.4, -0.2) is 34.5 Å². The molecule has 8 nitrogen and oxygen atoms in total. The van der Waals surface area contributed by atoms with E-state index in [1.54, 1.807) is 49.6 Å². The number of esters is 2. The van der Waals surface area contributed by atoms with Crippen molar-refractivity contribution >= 4 is 28.6 Å². The number of rotatable bonds is 8. The molecule has 184 valence electrons. The molecule has 0 aliphatic rings. The Labute approximate surface area is 207 Å². The summed E-state index contributed by atoms with van der Waals surface area (Å²) in [7, 11) is 1.55. The van der Waals surface area contributed by atoms with Crippen molar-refractivity contribution in [2.75, 3.05) is 7.11 Å². The maximum Gasteiger partial charge on any atom is 0.308 e. The summed E-state index contributed by atoms with van der Waals surface area (Å²) in [6.45, 7) is 2.50. The molecule has 1 aromatic heterocycles. The van der Waals surface area contributed by atoms with E-state index in [-0.39, 0.29) is 18.9 Å². The summed E-state index contributed by atoms with van der Waals surface area (Å²) >= 11 is 0. The van der Waals surface area contributed by atoms with Crippen LogP contribution in [0.1, 0.15) is 29.8 Å². The van der Waals surface area contributed by atoms with Crippen LogP contribution < -0.4 is 14.2 Å². The highest BCUT2D eigenvalue weighted by atomic mass is 16.5. The number of carbonyl (C=O) groups excluding carboxylic acids is 3. The highest BCUT2D eigenvalue weighted by Crippen LogP contribution is 2.38. The third-order valence-electron chi connectivity index (χ3n) is 5.59. The largest absolute Gasteiger partial charge is 0.496 e. The third kappa shape index (κ3) is 5.29. The van der Waals surface area contributed by atoms with Crippen molar-refractivity contribution in [2.24, 2.45) is 0 Å². The minimum absolute atomic E-state index is 0.0347. The molecule has 0 radical (unpaired) electrons. The number of nitrogens with zero attached hydrogens (tertiary/aromatic N) is 1. The number of aliphatic hydroxyl groups excluding tert-OH is 1. The first-order chi connectivity index (χ1) is 17.3. The lowest BCUT2D eigenvalue weighted by Gasteiger charge is -2.10. The first-order valence-corrected chi connectivity index (χ1v) is 11.2. The molecule has 3 aromatic carbocycles. The van der Waals surface area contributed by atoms with Gasteiger partial charge in [0.2, 0.25) is 0 Å². The molecular weight excluding hydrogens is 462 g/mol. The fraction of sp³-hybridized carbons (Fsp3) is 0.179. The standard InChI is InChI=1S/C28H25NO7/c1-17(31)35-22-8-4-20(5-9-22)24-14-29(25-12-19(16-30)13-27(34-3)28(24)25)15-26(33)21-6-10-23(11-7-21)36-18(2)32/h4-14,30H,15-16H2,1-3H3. The van der Waals surface area contributed by atoms with Gasteiger partial charge in [-0.1, -0.05) is 12.1 Å². The topological polar surface area (TPSA) is 104 Å². The molecule has 8 heteroatoms. The van der Waals surface area contributed by atoms with Gasteiger partial charge >= 0.3 is 11.9 Å². The van der Waals surface area contributed by atoms with E-state index in [1.165, 1.54) is 13.8 Å². The van der Waals surface area contributed by atoms with Gasteiger partial charge < -0.3 is 23.9 Å². The van der Waals surface area contributed by atoms with Crippen molar-refractivity contribution < 1.29 is 33.7 Å². The van der Waals surface area contributed by atoms with Crippen LogP contribution in [-0.2, 0) is 22.7 Å². The van der Waals surface area contributed by atoms with Crippen LogP contribution in [0.4, 0.5) is 0 Å². The number of ketones is 1. The number of aliphatic hydroxyl groups is 1. The van der Waals surface area contributed by atoms with Crippen LogP contribution in [0.3, 0.4) is 0 Å². The fourth-order valence-corrected chi connectivity index (χ4v) is 4.03. The molecule has 0 amide bonds. The zero-order valence-corrected chi connectivity index (χ0v) is 20.1. The Morgan fingerprint density at radius 3 is 1.97 bits per heavy atom. The molecule has 1 heterocycles. The van der Waals surface area contributed by atoms with Gasteiger partial charge in [-0.25, -0.2) is 0 Å². The Morgan fingerprint density at radius 2 is 1.44 bits per heavy atom. The smallest absolute Gasteiger partial charge is 0.308 e. The van der Waals surface area contributed by atoms with Gasteiger partial charge in [-0.05, 0) is 59.7 Å². The number of hydrogen-bond donors (Lipinski definition) is 1. The molecule has 0 atom stereocenters. The molecule has 36 heavy (non-hydrogen) atoms. The second-order valence-electron chi connectivity index (χ2n) is 8.18. The van der Waals surface area contributed by atoms with Crippen molar-refractivity contribution in [3.05, 3.63) is 78.0 Å². The summed E-state index contributed by atoms with van der Waals surface area (Å²) < 4.78 is 17.6. The van der Waals surface area contributed by atoms with Crippen LogP contribution in [0, 0.1) is 0 Å². The van der Waals surface area contributed by atoms with Gasteiger partial charge in [0.1, 0.15) is 17.2 Å². The number of fused-ring (bicyclic) bond motifs is 1. The molecular formula is C28H25NO7. The van der Waals surface area contributed by atoms with E-state index in [0.29, 0.717) is 28.4 Å². The number of Topliss-reactive ketones (excluding diaryl/α,β-unsaturated/α-hetero) is 1. The summed E-state index contributed by atoms with van der Waals surface area (Å²) in [4.78, 5) is 35.5. The van der Waals surface area contributed by atoms with E-state index in [2.05, 4.69) is 0 Å². The summed E-state index contributed by atoms with van der Waals surface area (Å²) in [6.07, 6.45) is 1.86. The zero-order valence-electron chi connectivity index (χ0n) is 20.1. The Hall–Kier alpha value is -4.43. The van der Waals surface area contributed by atoms with Crippen molar-refractivity contribution in [1.29, 1.82) is 0 Å². The van der Waals surface area contributed by atoms with Crippen LogP contribution >= 0.6 is 0 Å². The predicted molar refractivity (Wildman–Crippen MR) is 133 cm³/mol. The first-order valence-electron chi connectivity index (χ1n) is 11.2. The second-order valence-corrected chi connectivity index (χ2v) is 8.18. The van der Waals surface area contributed by atoms with Crippen LogP contribution in [0.15, 0.2) is 66.9 Å². The summed E-state index contributed by atoms with van der Waals surface area (Å²) in [5.41, 5.74) is 3.49. The van der Waals surface area contributed by atoms with Crippen LogP contribution in [0.2, 0.25) is 0 Å². The Kier molecular flexibility index (Phi) is 7.17. The minimum atomic E-state index is -0.435. The van der Waals surface area contributed by atoms with E-state index in [9.17, 15) is 19.5 Å². The molecule has 1 N–H and O–H groups in total. The maximum absolute atomic E-state index is 13.1. The Bertz CT molecular complexity index is 1430. The highest BCUT2D eigenvalue weighted by Gasteiger charge is 2.19. The average Bonchev–Trinajstić information content (AvgIpc) is 3.21. The van der Waals surface area contributed by atoms with E-state index in [1.807, 2.05) is 29.0 Å². The van der Waals surface area contributed by atoms with Crippen LogP contribution in [0.5, 0.6) is 17.2 Å². The van der Waals surface area contributed by atoms with Gasteiger partial charge in [-0.15, -0.1) is 0 Å². The zero-order chi connectivity index (χ0) is 25.8. The monoisotopic (exact) mass is 487 g/mol.